The molecule has 0 spiro atoms. The first kappa shape index (κ1) is 15.5. The zero-order valence-corrected chi connectivity index (χ0v) is 13.4. The third-order valence-electron chi connectivity index (χ3n) is 4.15. The molecule has 1 aromatic heterocycles. The number of carboxylic acids is 1. The number of nitrogens with zero attached hydrogens (tertiary/aromatic N) is 2. The van der Waals surface area contributed by atoms with Crippen LogP contribution in [0.4, 0.5) is 0 Å². The quantitative estimate of drug-likeness (QED) is 0.899. The summed E-state index contributed by atoms with van der Waals surface area (Å²) in [5.41, 5.74) is 2.11. The van der Waals surface area contributed by atoms with Gasteiger partial charge in [0.05, 0.1) is 16.6 Å². The van der Waals surface area contributed by atoms with Crippen molar-refractivity contribution in [2.24, 2.45) is 11.8 Å². The Balaban J connectivity index is 2.59. The second-order valence-electron chi connectivity index (χ2n) is 6.47. The average molecular weight is 288 g/mol. The van der Waals surface area contributed by atoms with Crippen LogP contribution < -0.4 is 0 Å². The second-order valence-corrected chi connectivity index (χ2v) is 6.47. The molecule has 0 aliphatic heterocycles. The molecule has 1 atom stereocenters. The zero-order chi connectivity index (χ0) is 15.7. The minimum absolute atomic E-state index is 0.310. The van der Waals surface area contributed by atoms with E-state index in [1.807, 2.05) is 0 Å². The Morgan fingerprint density at radius 1 is 1.24 bits per heavy atom. The van der Waals surface area contributed by atoms with E-state index >= 15 is 0 Å². The van der Waals surface area contributed by atoms with Crippen molar-refractivity contribution < 1.29 is 9.90 Å². The molecular formula is C17H24N2O2. The molecule has 1 unspecified atom stereocenters. The van der Waals surface area contributed by atoms with Crippen LogP contribution in [0.15, 0.2) is 18.2 Å². The Bertz CT molecular complexity index is 656. The molecule has 0 saturated heterocycles. The van der Waals surface area contributed by atoms with E-state index in [4.69, 9.17) is 4.98 Å². The molecule has 0 bridgehead atoms. The van der Waals surface area contributed by atoms with E-state index in [1.165, 1.54) is 0 Å². The van der Waals surface area contributed by atoms with Gasteiger partial charge in [0.1, 0.15) is 5.82 Å². The fourth-order valence-corrected chi connectivity index (χ4v) is 2.41. The smallest absolute Gasteiger partial charge is 0.335 e. The lowest BCUT2D eigenvalue weighted by Crippen LogP contribution is -2.16. The van der Waals surface area contributed by atoms with Gasteiger partial charge in [-0.05, 0) is 30.0 Å². The molecule has 0 fully saturated rings. The number of carbonyl (C=O) groups is 1. The van der Waals surface area contributed by atoms with E-state index in [0.717, 1.165) is 23.4 Å². The highest BCUT2D eigenvalue weighted by Gasteiger charge is 2.18. The number of aromatic carboxylic acids is 1. The van der Waals surface area contributed by atoms with Gasteiger partial charge in [-0.3, -0.25) is 0 Å². The molecule has 2 aromatic rings. The van der Waals surface area contributed by atoms with Crippen molar-refractivity contribution >= 4 is 17.0 Å². The number of hydrogen-bond acceptors (Lipinski definition) is 2. The van der Waals surface area contributed by atoms with E-state index in [-0.39, 0.29) is 0 Å². The third kappa shape index (κ3) is 3.09. The summed E-state index contributed by atoms with van der Waals surface area (Å²) in [4.78, 5) is 15.9. The standard InChI is InChI=1S/C17H24N2O2/c1-10(2)12(5)9-19-15-8-13(17(20)21)6-7-14(15)18-16(19)11(3)4/h6-8,10-12H,9H2,1-5H3,(H,20,21). The summed E-state index contributed by atoms with van der Waals surface area (Å²) in [6, 6.07) is 5.17. The number of benzene rings is 1. The van der Waals surface area contributed by atoms with Gasteiger partial charge in [-0.1, -0.05) is 34.6 Å². The number of imidazole rings is 1. The number of rotatable bonds is 5. The molecule has 0 saturated carbocycles. The van der Waals surface area contributed by atoms with Gasteiger partial charge < -0.3 is 9.67 Å². The normalized spacial score (nSPS) is 13.3. The summed E-state index contributed by atoms with van der Waals surface area (Å²) < 4.78 is 2.19. The summed E-state index contributed by atoms with van der Waals surface area (Å²) in [7, 11) is 0. The van der Waals surface area contributed by atoms with Crippen molar-refractivity contribution in [2.75, 3.05) is 0 Å². The number of fused-ring (bicyclic) bond motifs is 1. The van der Waals surface area contributed by atoms with Gasteiger partial charge in [0.2, 0.25) is 0 Å². The summed E-state index contributed by atoms with van der Waals surface area (Å²) in [6.07, 6.45) is 0. The third-order valence-corrected chi connectivity index (χ3v) is 4.15. The first-order chi connectivity index (χ1) is 9.81. The Hall–Kier alpha value is -1.84. The highest BCUT2D eigenvalue weighted by atomic mass is 16.4. The summed E-state index contributed by atoms with van der Waals surface area (Å²) in [5.74, 6) is 1.52. The van der Waals surface area contributed by atoms with Crippen molar-refractivity contribution in [3.8, 4) is 0 Å². The maximum atomic E-state index is 11.2. The molecule has 0 amide bonds. The molecule has 0 aliphatic carbocycles. The van der Waals surface area contributed by atoms with Crippen LogP contribution in [-0.4, -0.2) is 20.6 Å². The molecule has 1 N–H and O–H groups in total. The maximum absolute atomic E-state index is 11.2. The lowest BCUT2D eigenvalue weighted by molar-refractivity contribution is 0.0697. The maximum Gasteiger partial charge on any atom is 0.335 e. The van der Waals surface area contributed by atoms with E-state index < -0.39 is 5.97 Å². The van der Waals surface area contributed by atoms with Crippen LogP contribution >= 0.6 is 0 Å². The Kier molecular flexibility index (Phi) is 4.35. The molecule has 2 rings (SSSR count). The van der Waals surface area contributed by atoms with E-state index in [1.54, 1.807) is 18.2 Å². The fraction of sp³-hybridized carbons (Fsp3) is 0.529. The monoisotopic (exact) mass is 288 g/mol. The van der Waals surface area contributed by atoms with Crippen LogP contribution in [0.5, 0.6) is 0 Å². The molecule has 0 aliphatic rings. The van der Waals surface area contributed by atoms with Crippen LogP contribution in [-0.2, 0) is 6.54 Å². The van der Waals surface area contributed by atoms with Gasteiger partial charge in [-0.25, -0.2) is 9.78 Å². The molecule has 4 nitrogen and oxygen atoms in total. The molecule has 21 heavy (non-hydrogen) atoms. The van der Waals surface area contributed by atoms with Crippen LogP contribution in [0.25, 0.3) is 11.0 Å². The van der Waals surface area contributed by atoms with E-state index in [9.17, 15) is 9.90 Å². The minimum Gasteiger partial charge on any atom is -0.478 e. The summed E-state index contributed by atoms with van der Waals surface area (Å²) in [6.45, 7) is 11.8. The van der Waals surface area contributed by atoms with Gasteiger partial charge in [-0.2, -0.15) is 0 Å². The minimum atomic E-state index is -0.896. The molecule has 0 radical (unpaired) electrons. The largest absolute Gasteiger partial charge is 0.478 e. The second kappa shape index (κ2) is 5.88. The topological polar surface area (TPSA) is 55.1 Å². The fourth-order valence-electron chi connectivity index (χ4n) is 2.41. The van der Waals surface area contributed by atoms with E-state index in [0.29, 0.717) is 23.3 Å². The van der Waals surface area contributed by atoms with Crippen molar-refractivity contribution in [3.05, 3.63) is 29.6 Å². The first-order valence-electron chi connectivity index (χ1n) is 7.54. The predicted octanol–water partition coefficient (Wildman–Crippen LogP) is 4.15. The van der Waals surface area contributed by atoms with Crippen LogP contribution in [0, 0.1) is 11.8 Å². The van der Waals surface area contributed by atoms with Gasteiger partial charge in [0.15, 0.2) is 0 Å². The predicted molar refractivity (Wildman–Crippen MR) is 84.8 cm³/mol. The van der Waals surface area contributed by atoms with Crippen molar-refractivity contribution in [2.45, 2.75) is 47.1 Å². The molecule has 114 valence electrons. The average Bonchev–Trinajstić information content (AvgIpc) is 2.76. The lowest BCUT2D eigenvalue weighted by atomic mass is 9.98. The van der Waals surface area contributed by atoms with Gasteiger partial charge in [0, 0.05) is 12.5 Å². The summed E-state index contributed by atoms with van der Waals surface area (Å²) in [5, 5.41) is 9.19. The van der Waals surface area contributed by atoms with Crippen LogP contribution in [0.2, 0.25) is 0 Å². The SMILES string of the molecule is CC(C)c1nc2ccc(C(=O)O)cc2n1CC(C)C(C)C. The lowest BCUT2D eigenvalue weighted by Gasteiger charge is -2.19. The van der Waals surface area contributed by atoms with Gasteiger partial charge in [-0.15, -0.1) is 0 Å². The molecule has 1 heterocycles. The number of aromatic nitrogens is 2. The number of hydrogen-bond donors (Lipinski definition) is 1. The Labute approximate surface area is 125 Å². The molecule has 1 aromatic carbocycles. The Morgan fingerprint density at radius 3 is 2.43 bits per heavy atom. The van der Waals surface area contributed by atoms with Gasteiger partial charge in [0.25, 0.3) is 0 Å². The van der Waals surface area contributed by atoms with Crippen LogP contribution in [0.1, 0.15) is 56.7 Å². The molecular weight excluding hydrogens is 264 g/mol. The van der Waals surface area contributed by atoms with Crippen molar-refractivity contribution in [3.63, 3.8) is 0 Å². The first-order valence-corrected chi connectivity index (χ1v) is 7.54. The number of carboxylic acid groups (broad SMARTS) is 1. The van der Waals surface area contributed by atoms with Crippen molar-refractivity contribution in [1.82, 2.24) is 9.55 Å². The van der Waals surface area contributed by atoms with Crippen LogP contribution in [0.3, 0.4) is 0 Å². The van der Waals surface area contributed by atoms with Gasteiger partial charge >= 0.3 is 5.97 Å². The van der Waals surface area contributed by atoms with Crippen molar-refractivity contribution in [1.29, 1.82) is 0 Å². The molecule has 4 heteroatoms. The highest BCUT2D eigenvalue weighted by molar-refractivity contribution is 5.92. The van der Waals surface area contributed by atoms with E-state index in [2.05, 4.69) is 39.2 Å². The Morgan fingerprint density at radius 2 is 1.90 bits per heavy atom. The zero-order valence-electron chi connectivity index (χ0n) is 13.4. The highest BCUT2D eigenvalue weighted by Crippen LogP contribution is 2.25. The summed E-state index contributed by atoms with van der Waals surface area (Å²) >= 11 is 0.